The second kappa shape index (κ2) is 4.61. The molecule has 0 fully saturated rings. The van der Waals surface area contributed by atoms with Crippen molar-refractivity contribution in [2.45, 2.75) is 0 Å². The Bertz CT molecular complexity index is 546. The number of rotatable bonds is 2. The van der Waals surface area contributed by atoms with E-state index in [0.29, 0.717) is 4.60 Å². The second-order valence-electron chi connectivity index (χ2n) is 2.94. The fourth-order valence-corrected chi connectivity index (χ4v) is 2.25. The van der Waals surface area contributed by atoms with E-state index in [4.69, 9.17) is 0 Å². The standard InChI is InChI=1S/C9H3BrF4N2S/c10-5-2-17-9(15-5)16-8-6(13)3(11)1-4(12)7(8)14/h1-2H,(H,15,16). The highest BCUT2D eigenvalue weighted by Crippen LogP contribution is 2.29. The molecular formula is C9H3BrF4N2S. The van der Waals surface area contributed by atoms with Gasteiger partial charge in [0.25, 0.3) is 0 Å². The lowest BCUT2D eigenvalue weighted by atomic mass is 10.2. The van der Waals surface area contributed by atoms with Crippen molar-refractivity contribution < 1.29 is 17.6 Å². The van der Waals surface area contributed by atoms with Gasteiger partial charge in [0.05, 0.1) is 0 Å². The van der Waals surface area contributed by atoms with Gasteiger partial charge in [-0.25, -0.2) is 22.5 Å². The van der Waals surface area contributed by atoms with Crippen LogP contribution in [0.1, 0.15) is 0 Å². The number of halogens is 5. The Morgan fingerprint density at radius 2 is 1.71 bits per heavy atom. The summed E-state index contributed by atoms with van der Waals surface area (Å²) in [7, 11) is 0. The van der Waals surface area contributed by atoms with Crippen molar-refractivity contribution in [1.29, 1.82) is 0 Å². The van der Waals surface area contributed by atoms with Crippen LogP contribution in [0.15, 0.2) is 16.0 Å². The number of benzene rings is 1. The maximum absolute atomic E-state index is 13.3. The third-order valence-corrected chi connectivity index (χ3v) is 3.29. The predicted octanol–water partition coefficient (Wildman–Crippen LogP) is 4.21. The van der Waals surface area contributed by atoms with Gasteiger partial charge in [0.1, 0.15) is 10.3 Å². The average molecular weight is 327 g/mol. The monoisotopic (exact) mass is 326 g/mol. The topological polar surface area (TPSA) is 24.9 Å². The van der Waals surface area contributed by atoms with Crippen LogP contribution in [0.4, 0.5) is 28.4 Å². The third kappa shape index (κ3) is 2.42. The van der Waals surface area contributed by atoms with Crippen molar-refractivity contribution in [3.8, 4) is 0 Å². The molecule has 0 bridgehead atoms. The first kappa shape index (κ1) is 12.3. The molecule has 0 atom stereocenters. The molecule has 0 radical (unpaired) electrons. The van der Waals surface area contributed by atoms with Gasteiger partial charge < -0.3 is 5.32 Å². The van der Waals surface area contributed by atoms with Crippen LogP contribution in [0, 0.1) is 23.3 Å². The molecule has 1 heterocycles. The van der Waals surface area contributed by atoms with Gasteiger partial charge in [0, 0.05) is 11.4 Å². The zero-order valence-corrected chi connectivity index (χ0v) is 10.3. The highest BCUT2D eigenvalue weighted by molar-refractivity contribution is 9.10. The first-order valence-corrected chi connectivity index (χ1v) is 5.87. The van der Waals surface area contributed by atoms with Gasteiger partial charge in [-0.1, -0.05) is 0 Å². The van der Waals surface area contributed by atoms with Crippen LogP contribution in [0.2, 0.25) is 0 Å². The molecule has 0 aliphatic carbocycles. The number of anilines is 2. The van der Waals surface area contributed by atoms with Gasteiger partial charge in [-0.15, -0.1) is 11.3 Å². The molecule has 0 aliphatic rings. The molecule has 90 valence electrons. The first-order valence-electron chi connectivity index (χ1n) is 4.20. The van der Waals surface area contributed by atoms with E-state index in [1.807, 2.05) is 0 Å². The number of thiazole rings is 1. The van der Waals surface area contributed by atoms with Crippen LogP contribution in [0.25, 0.3) is 0 Å². The predicted molar refractivity (Wildman–Crippen MR) is 59.4 cm³/mol. The van der Waals surface area contributed by atoms with Gasteiger partial charge >= 0.3 is 0 Å². The van der Waals surface area contributed by atoms with E-state index < -0.39 is 29.0 Å². The van der Waals surface area contributed by atoms with Crippen LogP contribution in [-0.2, 0) is 0 Å². The fourth-order valence-electron chi connectivity index (χ4n) is 1.10. The van der Waals surface area contributed by atoms with Gasteiger partial charge in [-0.2, -0.15) is 0 Å². The van der Waals surface area contributed by atoms with Crippen molar-refractivity contribution in [3.05, 3.63) is 39.3 Å². The summed E-state index contributed by atoms with van der Waals surface area (Å²) < 4.78 is 52.7. The zero-order valence-electron chi connectivity index (χ0n) is 7.90. The van der Waals surface area contributed by atoms with E-state index in [9.17, 15) is 17.6 Å². The Morgan fingerprint density at radius 3 is 2.18 bits per heavy atom. The SMILES string of the molecule is Fc1cc(F)c(F)c(Nc2nc(Br)cs2)c1F. The lowest BCUT2D eigenvalue weighted by Gasteiger charge is -2.07. The molecule has 0 saturated carbocycles. The molecule has 1 aromatic heterocycles. The minimum absolute atomic E-state index is 0.111. The van der Waals surface area contributed by atoms with E-state index >= 15 is 0 Å². The van der Waals surface area contributed by atoms with Crippen molar-refractivity contribution in [1.82, 2.24) is 4.98 Å². The van der Waals surface area contributed by atoms with Crippen LogP contribution < -0.4 is 5.32 Å². The fraction of sp³-hybridized carbons (Fsp3) is 0. The summed E-state index contributed by atoms with van der Waals surface area (Å²) >= 11 is 4.06. The number of hydrogen-bond donors (Lipinski definition) is 1. The minimum atomic E-state index is -1.49. The minimum Gasteiger partial charge on any atom is -0.326 e. The lowest BCUT2D eigenvalue weighted by Crippen LogP contribution is -2.02. The Kier molecular flexibility index (Phi) is 3.34. The molecule has 17 heavy (non-hydrogen) atoms. The Hall–Kier alpha value is -1.15. The van der Waals surface area contributed by atoms with E-state index in [2.05, 4.69) is 26.2 Å². The van der Waals surface area contributed by atoms with Crippen LogP contribution in [0.3, 0.4) is 0 Å². The van der Waals surface area contributed by atoms with Crippen LogP contribution in [0.5, 0.6) is 0 Å². The zero-order chi connectivity index (χ0) is 12.6. The van der Waals surface area contributed by atoms with Crippen molar-refractivity contribution in [2.24, 2.45) is 0 Å². The molecular weight excluding hydrogens is 324 g/mol. The van der Waals surface area contributed by atoms with Crippen LogP contribution >= 0.6 is 27.3 Å². The summed E-state index contributed by atoms with van der Waals surface area (Å²) in [5, 5.41) is 3.85. The smallest absolute Gasteiger partial charge is 0.188 e. The number of nitrogens with one attached hydrogen (secondary N) is 1. The molecule has 1 aromatic carbocycles. The first-order chi connectivity index (χ1) is 7.99. The van der Waals surface area contributed by atoms with Crippen molar-refractivity contribution >= 4 is 38.1 Å². The molecule has 0 unspecified atom stereocenters. The second-order valence-corrected chi connectivity index (χ2v) is 4.61. The Labute approximate surface area is 105 Å². The Balaban J connectivity index is 2.45. The third-order valence-electron chi connectivity index (χ3n) is 1.82. The number of nitrogens with zero attached hydrogens (tertiary/aromatic N) is 1. The molecule has 0 aliphatic heterocycles. The number of aromatic nitrogens is 1. The lowest BCUT2D eigenvalue weighted by molar-refractivity contribution is 0.459. The van der Waals surface area contributed by atoms with Crippen LogP contribution in [-0.4, -0.2) is 4.98 Å². The molecule has 2 rings (SSSR count). The van der Waals surface area contributed by atoms with Gasteiger partial charge in [-0.05, 0) is 15.9 Å². The molecule has 2 aromatic rings. The van der Waals surface area contributed by atoms with Gasteiger partial charge in [-0.3, -0.25) is 0 Å². The molecule has 0 spiro atoms. The van der Waals surface area contributed by atoms with Gasteiger partial charge in [0.2, 0.25) is 0 Å². The molecule has 8 heteroatoms. The summed E-state index contributed by atoms with van der Waals surface area (Å²) in [5.74, 6) is -5.92. The summed E-state index contributed by atoms with van der Waals surface area (Å²) in [6.45, 7) is 0. The summed E-state index contributed by atoms with van der Waals surface area (Å²) in [5.41, 5.74) is -0.899. The van der Waals surface area contributed by atoms with E-state index in [-0.39, 0.29) is 11.2 Å². The van der Waals surface area contributed by atoms with Gasteiger partial charge in [0.15, 0.2) is 28.4 Å². The highest BCUT2D eigenvalue weighted by Gasteiger charge is 2.19. The molecule has 0 saturated heterocycles. The number of hydrogen-bond acceptors (Lipinski definition) is 3. The Morgan fingerprint density at radius 1 is 1.12 bits per heavy atom. The highest BCUT2D eigenvalue weighted by atomic mass is 79.9. The summed E-state index contributed by atoms with van der Waals surface area (Å²) in [4.78, 5) is 3.79. The van der Waals surface area contributed by atoms with E-state index in [1.54, 1.807) is 5.38 Å². The summed E-state index contributed by atoms with van der Waals surface area (Å²) in [6.07, 6.45) is 0. The quantitative estimate of drug-likeness (QED) is 0.660. The van der Waals surface area contributed by atoms with E-state index in [1.165, 1.54) is 0 Å². The maximum Gasteiger partial charge on any atom is 0.188 e. The van der Waals surface area contributed by atoms with Crippen molar-refractivity contribution in [2.75, 3.05) is 5.32 Å². The average Bonchev–Trinajstić information content (AvgIpc) is 2.68. The molecule has 2 nitrogen and oxygen atoms in total. The summed E-state index contributed by atoms with van der Waals surface area (Å²) in [6, 6.07) is 0.146. The largest absolute Gasteiger partial charge is 0.326 e. The molecule has 0 amide bonds. The van der Waals surface area contributed by atoms with E-state index in [0.717, 1.165) is 11.3 Å². The maximum atomic E-state index is 13.3. The normalized spacial score (nSPS) is 10.6. The molecule has 1 N–H and O–H groups in total. The van der Waals surface area contributed by atoms with Crippen molar-refractivity contribution in [3.63, 3.8) is 0 Å².